The maximum absolute atomic E-state index is 10.9. The summed E-state index contributed by atoms with van der Waals surface area (Å²) < 4.78 is 10.9. The molecule has 1 rings (SSSR count). The Morgan fingerprint density at radius 3 is 2.90 bits per heavy atom. The summed E-state index contributed by atoms with van der Waals surface area (Å²) in [6.45, 7) is 1.80. The number of aromatic amines is 1. The van der Waals surface area contributed by atoms with Gasteiger partial charge in [0, 0.05) is 5.75 Å². The summed E-state index contributed by atoms with van der Waals surface area (Å²) >= 11 is 0. The molecule has 1 heterocycles. The molecule has 1 unspecified atom stereocenters. The molecule has 5 nitrogen and oxygen atoms in total. The second-order valence-corrected chi connectivity index (χ2v) is 3.29. The van der Waals surface area contributed by atoms with Crippen LogP contribution in [0, 0.1) is 0 Å². The van der Waals surface area contributed by atoms with Gasteiger partial charge in [-0.15, -0.1) is 5.10 Å². The molecule has 6 heteroatoms. The molecule has 56 valence electrons. The maximum Gasteiger partial charge on any atom is 0.240 e. The van der Waals surface area contributed by atoms with Crippen LogP contribution in [-0.2, 0) is 10.8 Å². The first kappa shape index (κ1) is 7.20. The van der Waals surface area contributed by atoms with Crippen LogP contribution in [0.2, 0.25) is 0 Å². The molecule has 0 saturated carbocycles. The van der Waals surface area contributed by atoms with E-state index >= 15 is 0 Å². The topological polar surface area (TPSA) is 84.7 Å². The van der Waals surface area contributed by atoms with Gasteiger partial charge in [0.15, 0.2) is 0 Å². The summed E-state index contributed by atoms with van der Waals surface area (Å²) in [6, 6.07) is 0. The molecule has 0 spiro atoms. The molecule has 1 aromatic rings. The van der Waals surface area contributed by atoms with E-state index in [2.05, 4.69) is 15.2 Å². The van der Waals surface area contributed by atoms with Gasteiger partial charge in [-0.2, -0.15) is 4.98 Å². The van der Waals surface area contributed by atoms with Crippen molar-refractivity contribution >= 4 is 16.7 Å². The minimum atomic E-state index is -1.08. The van der Waals surface area contributed by atoms with Crippen LogP contribution in [-0.4, -0.2) is 25.1 Å². The summed E-state index contributed by atoms with van der Waals surface area (Å²) in [5, 5.41) is 6.35. The van der Waals surface area contributed by atoms with Gasteiger partial charge in [-0.05, 0) is 0 Å². The summed E-state index contributed by atoms with van der Waals surface area (Å²) in [6.07, 6.45) is 0. The number of rotatable bonds is 2. The Labute approximate surface area is 60.5 Å². The van der Waals surface area contributed by atoms with Gasteiger partial charge in [0.05, 0.1) is 10.8 Å². The molecule has 0 aliphatic carbocycles. The average molecular weight is 160 g/mol. The Morgan fingerprint density at radius 1 is 1.80 bits per heavy atom. The third-order valence-electron chi connectivity index (χ3n) is 0.960. The highest BCUT2D eigenvalue weighted by atomic mass is 32.2. The van der Waals surface area contributed by atoms with E-state index in [0.717, 1.165) is 0 Å². The van der Waals surface area contributed by atoms with E-state index in [4.69, 9.17) is 5.73 Å². The zero-order valence-electron chi connectivity index (χ0n) is 5.50. The Hall–Kier alpha value is -0.910. The predicted octanol–water partition coefficient (Wildman–Crippen LogP) is -0.486. The Kier molecular flexibility index (Phi) is 2.00. The van der Waals surface area contributed by atoms with E-state index in [1.54, 1.807) is 6.92 Å². The lowest BCUT2D eigenvalue weighted by molar-refractivity contribution is 0.677. The molecule has 0 bridgehead atoms. The first-order chi connectivity index (χ1) is 4.74. The molecule has 3 N–H and O–H groups in total. The van der Waals surface area contributed by atoms with Crippen molar-refractivity contribution in [3.63, 3.8) is 0 Å². The normalized spacial score (nSPS) is 13.3. The lowest BCUT2D eigenvalue weighted by Crippen LogP contribution is -1.96. The highest BCUT2D eigenvalue weighted by Gasteiger charge is 2.04. The molecule has 10 heavy (non-hydrogen) atoms. The molecule has 0 aliphatic rings. The number of nitrogens with one attached hydrogen (secondary N) is 1. The molecule has 0 radical (unpaired) electrons. The van der Waals surface area contributed by atoms with Gasteiger partial charge in [0.2, 0.25) is 11.1 Å². The number of anilines is 1. The molecule has 0 aromatic carbocycles. The summed E-state index contributed by atoms with van der Waals surface area (Å²) in [7, 11) is -1.08. The SMILES string of the molecule is CCS(=O)c1nc(N)n[nH]1. The molecule has 1 aromatic heterocycles. The van der Waals surface area contributed by atoms with Crippen LogP contribution < -0.4 is 5.73 Å². The third-order valence-corrected chi connectivity index (χ3v) is 2.10. The second kappa shape index (κ2) is 2.78. The number of nitrogens with zero attached hydrogens (tertiary/aromatic N) is 2. The molecule has 0 fully saturated rings. The molecule has 1 atom stereocenters. The lowest BCUT2D eigenvalue weighted by atomic mass is 11.0. The number of nitrogens with two attached hydrogens (primary N) is 1. The van der Waals surface area contributed by atoms with Crippen LogP contribution >= 0.6 is 0 Å². The van der Waals surface area contributed by atoms with Crippen LogP contribution in [0.4, 0.5) is 5.95 Å². The standard InChI is InChI=1S/C4H8N4OS/c1-2-10(9)4-6-3(5)7-8-4/h2H2,1H3,(H3,5,6,7,8). The van der Waals surface area contributed by atoms with Crippen molar-refractivity contribution in [1.82, 2.24) is 15.2 Å². The van der Waals surface area contributed by atoms with Crippen molar-refractivity contribution in [2.75, 3.05) is 11.5 Å². The van der Waals surface area contributed by atoms with Gasteiger partial charge in [-0.25, -0.2) is 0 Å². The van der Waals surface area contributed by atoms with Crippen molar-refractivity contribution in [3.05, 3.63) is 0 Å². The Balaban J connectivity index is 2.85. The first-order valence-electron chi connectivity index (χ1n) is 2.80. The maximum atomic E-state index is 10.9. The summed E-state index contributed by atoms with van der Waals surface area (Å²) in [5.74, 6) is 0.658. The van der Waals surface area contributed by atoms with Crippen molar-refractivity contribution in [2.45, 2.75) is 12.1 Å². The van der Waals surface area contributed by atoms with Gasteiger partial charge >= 0.3 is 0 Å². The van der Waals surface area contributed by atoms with Gasteiger partial charge in [0.1, 0.15) is 0 Å². The van der Waals surface area contributed by atoms with Crippen LogP contribution in [0.5, 0.6) is 0 Å². The van der Waals surface area contributed by atoms with Crippen molar-refractivity contribution < 1.29 is 4.21 Å². The van der Waals surface area contributed by atoms with Crippen molar-refractivity contribution in [3.8, 4) is 0 Å². The number of hydrogen-bond acceptors (Lipinski definition) is 4. The largest absolute Gasteiger partial charge is 0.366 e. The van der Waals surface area contributed by atoms with E-state index < -0.39 is 10.8 Å². The molecule has 0 amide bonds. The fourth-order valence-corrected chi connectivity index (χ4v) is 1.11. The minimum Gasteiger partial charge on any atom is -0.366 e. The summed E-state index contributed by atoms with van der Waals surface area (Å²) in [5.41, 5.74) is 5.18. The molecule has 0 aliphatic heterocycles. The first-order valence-corrected chi connectivity index (χ1v) is 4.12. The molecular formula is C4H8N4OS. The van der Waals surface area contributed by atoms with Crippen LogP contribution in [0.15, 0.2) is 5.16 Å². The lowest BCUT2D eigenvalue weighted by Gasteiger charge is -1.87. The smallest absolute Gasteiger partial charge is 0.240 e. The van der Waals surface area contributed by atoms with Crippen LogP contribution in [0.1, 0.15) is 6.92 Å². The van der Waals surface area contributed by atoms with E-state index in [9.17, 15) is 4.21 Å². The third kappa shape index (κ3) is 1.32. The van der Waals surface area contributed by atoms with E-state index in [0.29, 0.717) is 10.9 Å². The Bertz CT molecular complexity index is 245. The zero-order valence-corrected chi connectivity index (χ0v) is 6.31. The zero-order chi connectivity index (χ0) is 7.56. The Morgan fingerprint density at radius 2 is 2.50 bits per heavy atom. The number of H-pyrrole nitrogens is 1. The molecule has 0 saturated heterocycles. The van der Waals surface area contributed by atoms with Gasteiger partial charge in [-0.3, -0.25) is 9.31 Å². The van der Waals surface area contributed by atoms with Gasteiger partial charge in [-0.1, -0.05) is 6.92 Å². The van der Waals surface area contributed by atoms with Crippen LogP contribution in [0.25, 0.3) is 0 Å². The monoisotopic (exact) mass is 160 g/mol. The van der Waals surface area contributed by atoms with Crippen molar-refractivity contribution in [1.29, 1.82) is 0 Å². The highest BCUT2D eigenvalue weighted by molar-refractivity contribution is 7.84. The second-order valence-electron chi connectivity index (χ2n) is 1.63. The average Bonchev–Trinajstić information content (AvgIpc) is 2.34. The number of hydrogen-bond donors (Lipinski definition) is 2. The molecular weight excluding hydrogens is 152 g/mol. The quantitative estimate of drug-likeness (QED) is 0.611. The minimum absolute atomic E-state index is 0.136. The van der Waals surface area contributed by atoms with Gasteiger partial charge in [0.25, 0.3) is 0 Å². The predicted molar refractivity (Wildman–Crippen MR) is 37.7 cm³/mol. The number of aromatic nitrogens is 3. The summed E-state index contributed by atoms with van der Waals surface area (Å²) in [4.78, 5) is 3.69. The fraction of sp³-hybridized carbons (Fsp3) is 0.500. The highest BCUT2D eigenvalue weighted by Crippen LogP contribution is 1.98. The van der Waals surface area contributed by atoms with Crippen LogP contribution in [0.3, 0.4) is 0 Å². The number of nitrogen functional groups attached to an aromatic ring is 1. The van der Waals surface area contributed by atoms with E-state index in [-0.39, 0.29) is 5.95 Å². The van der Waals surface area contributed by atoms with Gasteiger partial charge < -0.3 is 5.73 Å². The fourth-order valence-electron chi connectivity index (χ4n) is 0.498. The van der Waals surface area contributed by atoms with Crippen molar-refractivity contribution in [2.24, 2.45) is 0 Å². The van der Waals surface area contributed by atoms with E-state index in [1.807, 2.05) is 0 Å². The van der Waals surface area contributed by atoms with E-state index in [1.165, 1.54) is 0 Å².